The Morgan fingerprint density at radius 2 is 1.88 bits per heavy atom. The quantitative estimate of drug-likeness (QED) is 0.272. The van der Waals surface area contributed by atoms with Gasteiger partial charge in [-0.1, -0.05) is 50.6 Å². The summed E-state index contributed by atoms with van der Waals surface area (Å²) in [6.07, 6.45) is 5.89. The molecule has 15 nitrogen and oxygen atoms in total. The number of pyridine rings is 1. The highest BCUT2D eigenvalue weighted by molar-refractivity contribution is 7.91. The van der Waals surface area contributed by atoms with Crippen LogP contribution in [0.5, 0.6) is 5.88 Å². The number of ether oxygens (including phenoxy) is 2. The number of carboxylic acid groups (broad SMARTS) is 1. The van der Waals surface area contributed by atoms with Crippen molar-refractivity contribution in [2.45, 2.75) is 93.7 Å². The van der Waals surface area contributed by atoms with Crippen LogP contribution in [0.2, 0.25) is 0 Å². The Morgan fingerprint density at radius 1 is 1.14 bits per heavy atom. The summed E-state index contributed by atoms with van der Waals surface area (Å²) in [4.78, 5) is 63.3. The summed E-state index contributed by atoms with van der Waals surface area (Å²) in [5.41, 5.74) is -0.741. The maximum Gasteiger partial charge on any atom is 0.405 e. The van der Waals surface area contributed by atoms with Crippen LogP contribution in [-0.2, 0) is 29.1 Å². The lowest BCUT2D eigenvalue weighted by atomic mass is 9.85. The van der Waals surface area contributed by atoms with E-state index in [1.165, 1.54) is 4.90 Å². The summed E-state index contributed by atoms with van der Waals surface area (Å²) in [7, 11) is -4.39. The van der Waals surface area contributed by atoms with Crippen molar-refractivity contribution in [3.8, 4) is 5.88 Å². The first kappa shape index (κ1) is 39.7. The molecule has 4 fully saturated rings. The number of halogens is 1. The molecule has 4 heterocycles. The van der Waals surface area contributed by atoms with Gasteiger partial charge in [-0.25, -0.2) is 22.6 Å². The van der Waals surface area contributed by atoms with Crippen LogP contribution < -0.4 is 25.0 Å². The van der Waals surface area contributed by atoms with E-state index in [2.05, 4.69) is 25.2 Å². The predicted molar refractivity (Wildman–Crippen MR) is 204 cm³/mol. The fourth-order valence-corrected chi connectivity index (χ4v) is 9.99. The molecule has 4 amide bonds. The minimum atomic E-state index is -4.39. The van der Waals surface area contributed by atoms with Crippen molar-refractivity contribution in [3.63, 3.8) is 0 Å². The number of amides is 4. The predicted octanol–water partition coefficient (Wildman–Crippen LogP) is 3.28. The lowest BCUT2D eigenvalue weighted by Crippen LogP contribution is -2.59. The summed E-state index contributed by atoms with van der Waals surface area (Å²) in [5, 5.41) is 16.8. The molecule has 7 rings (SSSR count). The maximum atomic E-state index is 14.6. The van der Waals surface area contributed by atoms with Crippen LogP contribution in [-0.4, -0.2) is 115 Å². The van der Waals surface area contributed by atoms with Crippen molar-refractivity contribution in [1.82, 2.24) is 25.2 Å². The number of hydrogen-bond donors (Lipinski definition) is 4. The zero-order valence-electron chi connectivity index (χ0n) is 31.7. The number of aromatic nitrogens is 1. The van der Waals surface area contributed by atoms with Crippen LogP contribution >= 0.6 is 0 Å². The van der Waals surface area contributed by atoms with Crippen LogP contribution in [0.25, 0.3) is 10.8 Å². The molecule has 1 aromatic heterocycles. The molecule has 2 aliphatic carbocycles. The van der Waals surface area contributed by atoms with E-state index in [0.29, 0.717) is 57.9 Å². The average Bonchev–Trinajstić information content (AvgIpc) is 4.09. The van der Waals surface area contributed by atoms with Gasteiger partial charge in [-0.3, -0.25) is 19.1 Å². The number of carbonyl (C=O) groups is 4. The molecule has 0 unspecified atom stereocenters. The lowest BCUT2D eigenvalue weighted by Gasteiger charge is -2.33. The normalized spacial score (nSPS) is 31.2. The van der Waals surface area contributed by atoms with Crippen molar-refractivity contribution < 1.29 is 46.6 Å². The van der Waals surface area contributed by atoms with Crippen LogP contribution in [0.4, 0.5) is 14.9 Å². The molecule has 3 aliphatic heterocycles. The highest BCUT2D eigenvalue weighted by Gasteiger charge is 2.64. The number of fused-ring (bicyclic) bond motifs is 3. The number of nitrogens with one attached hydrogen (secondary N) is 3. The number of alkyl halides is 1. The van der Waals surface area contributed by atoms with Crippen molar-refractivity contribution in [1.29, 1.82) is 0 Å². The summed E-state index contributed by atoms with van der Waals surface area (Å²) in [6.45, 7) is 5.28. The fourth-order valence-electron chi connectivity index (χ4n) is 8.56. The standard InChI is InChI=1S/C39H51FN6O9S/c1-3-25-18-24(2)8-4-5-9-26-20-39(26,36(49)44-56(52,53)38(23-40)12-13-38)43-33(47)30-19-27(22-46(30)35(48)32(25)42-37(50)51)55-34-29-11-7-6-10-28(29)31(21-41-34)45-14-16-54-17-15-45/h5-7,9-11,21,24-27,30,32,42H,3-4,8,12-20,22-23H2,1-2H3,(H,43,47)(H,44,49)(H,50,51)/b9-5-/t24-,25+,26+,27+,30-,32-,39+/m0/s1. The first-order valence-electron chi connectivity index (χ1n) is 19.6. The van der Waals surface area contributed by atoms with Crippen molar-refractivity contribution in [2.24, 2.45) is 17.8 Å². The molecule has 1 aromatic carbocycles. The number of rotatable bonds is 9. The largest absolute Gasteiger partial charge is 0.472 e. The molecule has 0 spiro atoms. The fraction of sp³-hybridized carbons (Fsp3) is 0.615. The van der Waals surface area contributed by atoms with Gasteiger partial charge in [0.15, 0.2) is 0 Å². The smallest absolute Gasteiger partial charge is 0.405 e. The van der Waals surface area contributed by atoms with Crippen LogP contribution in [0.1, 0.15) is 65.2 Å². The van der Waals surface area contributed by atoms with E-state index in [9.17, 15) is 37.1 Å². The minimum Gasteiger partial charge on any atom is -0.472 e. The SMILES string of the molecule is CC[C@@H]1C[C@@H](C)CC/C=C\[C@@H]2C[C@@]2(C(=O)NS(=O)(=O)C2(CF)CC2)NC(=O)[C@@H]2C[C@@H](Oc3ncc(N4CCOCC4)c4ccccc34)CN2C(=O)[C@H]1NC(=O)O. The third-order valence-electron chi connectivity index (χ3n) is 12.3. The molecule has 7 atom stereocenters. The van der Waals surface area contributed by atoms with E-state index in [-0.39, 0.29) is 44.1 Å². The maximum absolute atomic E-state index is 14.6. The number of carbonyl (C=O) groups excluding carboxylic acids is 3. The second kappa shape index (κ2) is 15.8. The number of sulfonamides is 1. The molecule has 2 aromatic rings. The Morgan fingerprint density at radius 3 is 2.55 bits per heavy atom. The number of allylic oxidation sites excluding steroid dienone is 1. The van der Waals surface area contributed by atoms with Gasteiger partial charge in [0.1, 0.15) is 35.1 Å². The van der Waals surface area contributed by atoms with Crippen LogP contribution in [0.3, 0.4) is 0 Å². The van der Waals surface area contributed by atoms with Gasteiger partial charge in [-0.2, -0.15) is 0 Å². The second-order valence-corrected chi connectivity index (χ2v) is 18.1. The molecule has 0 radical (unpaired) electrons. The summed E-state index contributed by atoms with van der Waals surface area (Å²) in [6, 6.07) is 5.27. The van der Waals surface area contributed by atoms with Crippen molar-refractivity contribution in [3.05, 3.63) is 42.6 Å². The van der Waals surface area contributed by atoms with Gasteiger partial charge in [0.25, 0.3) is 5.91 Å². The van der Waals surface area contributed by atoms with Gasteiger partial charge in [0.05, 0.1) is 31.6 Å². The Bertz CT molecular complexity index is 1990. The molecular formula is C39H51FN6O9S. The average molecular weight is 799 g/mol. The van der Waals surface area contributed by atoms with E-state index < -0.39 is 74.9 Å². The first-order chi connectivity index (χ1) is 26.8. The second-order valence-electron chi connectivity index (χ2n) is 16.0. The van der Waals surface area contributed by atoms with Crippen LogP contribution in [0.15, 0.2) is 42.6 Å². The van der Waals surface area contributed by atoms with E-state index >= 15 is 0 Å². The molecule has 304 valence electrons. The topological polar surface area (TPSA) is 197 Å². The van der Waals surface area contributed by atoms with Gasteiger partial charge in [0, 0.05) is 36.2 Å². The molecule has 56 heavy (non-hydrogen) atoms. The molecule has 2 saturated carbocycles. The number of benzene rings is 1. The Labute approximate surface area is 325 Å². The van der Waals surface area contributed by atoms with Crippen molar-refractivity contribution >= 4 is 50.3 Å². The molecule has 5 aliphatic rings. The summed E-state index contributed by atoms with van der Waals surface area (Å²) in [5.74, 6) is -2.82. The van der Waals surface area contributed by atoms with Gasteiger partial charge in [-0.15, -0.1) is 0 Å². The lowest BCUT2D eigenvalue weighted by molar-refractivity contribution is -0.142. The molecule has 4 N–H and O–H groups in total. The molecule has 0 bridgehead atoms. The van der Waals surface area contributed by atoms with Gasteiger partial charge >= 0.3 is 6.09 Å². The highest BCUT2D eigenvalue weighted by Crippen LogP contribution is 2.48. The van der Waals surface area contributed by atoms with Gasteiger partial charge in [-0.05, 0) is 56.4 Å². The molecule has 2 saturated heterocycles. The Balaban J connectivity index is 1.22. The number of hydrogen-bond acceptors (Lipinski definition) is 10. The third-order valence-corrected chi connectivity index (χ3v) is 14.4. The Kier molecular flexibility index (Phi) is 11.2. The monoisotopic (exact) mass is 798 g/mol. The zero-order chi connectivity index (χ0) is 39.8. The van der Waals surface area contributed by atoms with Gasteiger partial charge < -0.3 is 35.0 Å². The van der Waals surface area contributed by atoms with E-state index in [1.807, 2.05) is 44.2 Å². The minimum absolute atomic E-state index is 0.0206. The highest BCUT2D eigenvalue weighted by atomic mass is 32.2. The summed E-state index contributed by atoms with van der Waals surface area (Å²) >= 11 is 0. The van der Waals surface area contributed by atoms with E-state index in [4.69, 9.17) is 9.47 Å². The number of anilines is 1. The number of morpholine rings is 1. The zero-order valence-corrected chi connectivity index (χ0v) is 32.6. The summed E-state index contributed by atoms with van der Waals surface area (Å²) < 4.78 is 52.6. The van der Waals surface area contributed by atoms with Crippen molar-refractivity contribution in [2.75, 3.05) is 44.4 Å². The molecule has 17 heteroatoms. The van der Waals surface area contributed by atoms with E-state index in [0.717, 1.165) is 16.5 Å². The Hall–Kier alpha value is -4.51. The number of nitrogens with zero attached hydrogens (tertiary/aromatic N) is 3. The van der Waals surface area contributed by atoms with Gasteiger partial charge in [0.2, 0.25) is 27.7 Å². The first-order valence-corrected chi connectivity index (χ1v) is 21.1. The third kappa shape index (κ3) is 7.76. The van der Waals surface area contributed by atoms with Crippen LogP contribution in [0, 0.1) is 17.8 Å². The van der Waals surface area contributed by atoms with E-state index in [1.54, 1.807) is 12.3 Å². The molecular weight excluding hydrogens is 748 g/mol.